The zero-order chi connectivity index (χ0) is 26.0. The number of carboxylic acid groups (broad SMARTS) is 1. The second kappa shape index (κ2) is 12.8. The van der Waals surface area contributed by atoms with Crippen molar-refractivity contribution in [1.82, 2.24) is 0 Å². The first-order valence-electron chi connectivity index (χ1n) is 12.4. The molecule has 5 heteroatoms. The Morgan fingerprint density at radius 3 is 1.84 bits per heavy atom. The van der Waals surface area contributed by atoms with Gasteiger partial charge in [-0.1, -0.05) is 84.9 Å². The molecule has 0 aliphatic carbocycles. The highest BCUT2D eigenvalue weighted by atomic mass is 19.1. The predicted octanol–water partition coefficient (Wildman–Crippen LogP) is 7.41. The fraction of sp³-hybridized carbons (Fsp3) is 0.219. The maximum atomic E-state index is 13.7. The van der Waals surface area contributed by atoms with Gasteiger partial charge in [-0.25, -0.2) is 4.39 Å². The minimum absolute atomic E-state index is 0.326. The van der Waals surface area contributed by atoms with Crippen LogP contribution < -0.4 is 4.74 Å². The van der Waals surface area contributed by atoms with Crippen molar-refractivity contribution in [3.05, 3.63) is 137 Å². The first-order valence-corrected chi connectivity index (χ1v) is 12.4. The van der Waals surface area contributed by atoms with Crippen molar-refractivity contribution in [1.29, 1.82) is 0 Å². The molecule has 4 rings (SSSR count). The Bertz CT molecular complexity index is 1200. The second-order valence-corrected chi connectivity index (χ2v) is 9.04. The molecule has 37 heavy (non-hydrogen) atoms. The lowest BCUT2D eigenvalue weighted by atomic mass is 9.91. The third-order valence-electron chi connectivity index (χ3n) is 6.51. The van der Waals surface area contributed by atoms with Gasteiger partial charge in [0.25, 0.3) is 0 Å². The Balaban J connectivity index is 1.58. The van der Waals surface area contributed by atoms with Crippen molar-refractivity contribution in [2.75, 3.05) is 7.11 Å². The van der Waals surface area contributed by atoms with Crippen LogP contribution in [0.25, 0.3) is 0 Å². The van der Waals surface area contributed by atoms with E-state index >= 15 is 0 Å². The molecule has 1 N–H and O–H groups in total. The van der Waals surface area contributed by atoms with Crippen LogP contribution >= 0.6 is 0 Å². The summed E-state index contributed by atoms with van der Waals surface area (Å²) >= 11 is 0. The van der Waals surface area contributed by atoms with E-state index in [9.17, 15) is 14.3 Å². The summed E-state index contributed by atoms with van der Waals surface area (Å²) in [5.74, 6) is -1.04. The molecule has 4 aromatic carbocycles. The minimum Gasteiger partial charge on any atom is -0.497 e. The van der Waals surface area contributed by atoms with Crippen molar-refractivity contribution in [2.24, 2.45) is 5.92 Å². The van der Waals surface area contributed by atoms with Gasteiger partial charge in [-0.3, -0.25) is 4.79 Å². The molecular weight excluding hydrogens is 467 g/mol. The number of hydrogen-bond donors (Lipinski definition) is 1. The largest absolute Gasteiger partial charge is 0.497 e. The molecular formula is C32H31FO4. The van der Waals surface area contributed by atoms with Gasteiger partial charge in [-0.2, -0.15) is 0 Å². The zero-order valence-corrected chi connectivity index (χ0v) is 20.8. The maximum Gasteiger partial charge on any atom is 0.306 e. The van der Waals surface area contributed by atoms with Crippen LogP contribution in [0.2, 0.25) is 0 Å². The first-order chi connectivity index (χ1) is 18.0. The molecule has 0 bridgehead atoms. The van der Waals surface area contributed by atoms with Gasteiger partial charge in [0.05, 0.1) is 19.1 Å². The lowest BCUT2D eigenvalue weighted by Crippen LogP contribution is -2.19. The van der Waals surface area contributed by atoms with Crippen LogP contribution in [-0.2, 0) is 16.0 Å². The molecule has 0 aromatic heterocycles. The average Bonchev–Trinajstić information content (AvgIpc) is 2.94. The highest BCUT2D eigenvalue weighted by Gasteiger charge is 2.25. The van der Waals surface area contributed by atoms with Crippen molar-refractivity contribution in [3.63, 3.8) is 0 Å². The van der Waals surface area contributed by atoms with Crippen molar-refractivity contribution < 1.29 is 23.8 Å². The summed E-state index contributed by atoms with van der Waals surface area (Å²) in [5, 5.41) is 9.98. The van der Waals surface area contributed by atoms with E-state index in [0.717, 1.165) is 28.0 Å². The molecule has 0 aliphatic rings. The number of methoxy groups -OCH3 is 1. The normalized spacial score (nSPS) is 12.7. The van der Waals surface area contributed by atoms with E-state index in [2.05, 4.69) is 0 Å². The number of halogens is 1. The predicted molar refractivity (Wildman–Crippen MR) is 142 cm³/mol. The molecule has 0 aliphatic heterocycles. The Labute approximate surface area is 217 Å². The highest BCUT2D eigenvalue weighted by Crippen LogP contribution is 2.35. The molecule has 0 radical (unpaired) electrons. The van der Waals surface area contributed by atoms with Crippen LogP contribution in [0.1, 0.15) is 47.3 Å². The van der Waals surface area contributed by atoms with E-state index < -0.39 is 18.0 Å². The number of carboxylic acids is 1. The summed E-state index contributed by atoms with van der Waals surface area (Å²) in [7, 11) is 1.60. The Kier molecular flexibility index (Phi) is 9.06. The van der Waals surface area contributed by atoms with Crippen LogP contribution in [0.4, 0.5) is 4.39 Å². The van der Waals surface area contributed by atoms with E-state index in [0.29, 0.717) is 19.3 Å². The average molecular weight is 499 g/mol. The Hall–Kier alpha value is -3.96. The summed E-state index contributed by atoms with van der Waals surface area (Å²) in [6.07, 6.45) is 0.483. The monoisotopic (exact) mass is 498 g/mol. The number of ether oxygens (including phenoxy) is 2. The van der Waals surface area contributed by atoms with E-state index in [4.69, 9.17) is 9.47 Å². The van der Waals surface area contributed by atoms with Gasteiger partial charge in [0.1, 0.15) is 17.7 Å². The number of hydrogen-bond acceptors (Lipinski definition) is 3. The summed E-state index contributed by atoms with van der Waals surface area (Å²) in [4.78, 5) is 12.2. The standard InChI is InChI=1S/C32H31FO4/c1-36-29-19-12-23(13-20-29)22-27(32(34)35)16-21-30(24-14-17-28(33)18-15-24)37-31(25-8-4-2-5-9-25)26-10-6-3-7-11-26/h2-15,17-20,27,30-31H,16,21-22H2,1H3,(H,34,35). The van der Waals surface area contributed by atoms with Gasteiger partial charge in [-0.05, 0) is 65.8 Å². The van der Waals surface area contributed by atoms with Crippen LogP contribution in [0.15, 0.2) is 109 Å². The van der Waals surface area contributed by atoms with Gasteiger partial charge in [-0.15, -0.1) is 0 Å². The summed E-state index contributed by atoms with van der Waals surface area (Å²) < 4.78 is 25.7. The molecule has 0 spiro atoms. The molecule has 2 unspecified atom stereocenters. The van der Waals surface area contributed by atoms with E-state index in [1.54, 1.807) is 19.2 Å². The molecule has 0 saturated heterocycles. The number of rotatable bonds is 12. The topological polar surface area (TPSA) is 55.8 Å². The summed E-state index contributed by atoms with van der Waals surface area (Å²) in [6, 6.07) is 33.6. The van der Waals surface area contributed by atoms with Crippen LogP contribution in [0, 0.1) is 11.7 Å². The minimum atomic E-state index is -0.851. The third kappa shape index (κ3) is 7.28. The smallest absolute Gasteiger partial charge is 0.306 e. The fourth-order valence-electron chi connectivity index (χ4n) is 4.47. The zero-order valence-electron chi connectivity index (χ0n) is 20.8. The van der Waals surface area contributed by atoms with Crippen molar-refractivity contribution in [3.8, 4) is 5.75 Å². The highest BCUT2D eigenvalue weighted by molar-refractivity contribution is 5.70. The summed E-state index contributed by atoms with van der Waals surface area (Å²) in [5.41, 5.74) is 3.73. The number of carbonyl (C=O) groups is 1. The van der Waals surface area contributed by atoms with Crippen molar-refractivity contribution in [2.45, 2.75) is 31.5 Å². The van der Waals surface area contributed by atoms with Gasteiger partial charge in [0, 0.05) is 0 Å². The van der Waals surface area contributed by atoms with Crippen molar-refractivity contribution >= 4 is 5.97 Å². The number of aliphatic carboxylic acids is 1. The molecule has 4 aromatic rings. The maximum absolute atomic E-state index is 13.7. The van der Waals surface area contributed by atoms with Crippen LogP contribution in [0.5, 0.6) is 5.75 Å². The van der Waals surface area contributed by atoms with Gasteiger partial charge < -0.3 is 14.6 Å². The molecule has 0 saturated carbocycles. The lowest BCUT2D eigenvalue weighted by molar-refractivity contribution is -0.142. The Morgan fingerprint density at radius 2 is 1.32 bits per heavy atom. The van der Waals surface area contributed by atoms with Gasteiger partial charge >= 0.3 is 5.97 Å². The quantitative estimate of drug-likeness (QED) is 0.221. The third-order valence-corrected chi connectivity index (χ3v) is 6.51. The molecule has 190 valence electrons. The molecule has 0 fully saturated rings. The molecule has 0 amide bonds. The van der Waals surface area contributed by atoms with Gasteiger partial charge in [0.15, 0.2) is 0 Å². The van der Waals surface area contributed by atoms with Crippen LogP contribution in [-0.4, -0.2) is 18.2 Å². The fourth-order valence-corrected chi connectivity index (χ4v) is 4.47. The van der Waals surface area contributed by atoms with E-state index in [1.807, 2.05) is 84.9 Å². The van der Waals surface area contributed by atoms with Crippen LogP contribution in [0.3, 0.4) is 0 Å². The van der Waals surface area contributed by atoms with Gasteiger partial charge in [0.2, 0.25) is 0 Å². The molecule has 2 atom stereocenters. The lowest BCUT2D eigenvalue weighted by Gasteiger charge is -2.27. The first kappa shape index (κ1) is 26.1. The second-order valence-electron chi connectivity index (χ2n) is 9.04. The SMILES string of the molecule is COc1ccc(CC(CCC(OC(c2ccccc2)c2ccccc2)c2ccc(F)cc2)C(=O)O)cc1. The molecule has 4 nitrogen and oxygen atoms in total. The summed E-state index contributed by atoms with van der Waals surface area (Å²) in [6.45, 7) is 0. The van der Waals surface area contributed by atoms with E-state index in [-0.39, 0.29) is 11.9 Å². The Morgan fingerprint density at radius 1 is 0.757 bits per heavy atom. The van der Waals surface area contributed by atoms with E-state index in [1.165, 1.54) is 12.1 Å². The number of benzene rings is 4. The molecule has 0 heterocycles.